The lowest BCUT2D eigenvalue weighted by atomic mass is 10.1. The number of amides is 1. The van der Waals surface area contributed by atoms with E-state index in [0.29, 0.717) is 15.6 Å². The van der Waals surface area contributed by atoms with Gasteiger partial charge < -0.3 is 10.4 Å². The van der Waals surface area contributed by atoms with E-state index >= 15 is 0 Å². The predicted molar refractivity (Wildman–Crippen MR) is 75.6 cm³/mol. The number of carbonyl (C=O) groups is 1. The smallest absolute Gasteiger partial charge is 0.252 e. The van der Waals surface area contributed by atoms with E-state index in [1.54, 1.807) is 12.3 Å². The molecule has 0 radical (unpaired) electrons. The van der Waals surface area contributed by atoms with E-state index in [4.69, 9.17) is 0 Å². The normalized spacial score (nSPS) is 11.9. The number of benzene rings is 1. The molecule has 0 aliphatic heterocycles. The van der Waals surface area contributed by atoms with E-state index in [2.05, 4.69) is 26.2 Å². The Labute approximate surface area is 123 Å². The van der Waals surface area contributed by atoms with Crippen LogP contribution in [0.5, 0.6) is 0 Å². The van der Waals surface area contributed by atoms with Gasteiger partial charge >= 0.3 is 0 Å². The number of nitrogens with one attached hydrogen (secondary N) is 1. The van der Waals surface area contributed by atoms with Crippen LogP contribution in [0.1, 0.15) is 22.0 Å². The lowest BCUT2D eigenvalue weighted by Crippen LogP contribution is -2.28. The lowest BCUT2D eigenvalue weighted by molar-refractivity contribution is 0.0916. The molecule has 2 aromatic rings. The van der Waals surface area contributed by atoms with E-state index in [1.807, 2.05) is 0 Å². The van der Waals surface area contributed by atoms with Crippen LogP contribution in [0.2, 0.25) is 0 Å². The molecule has 0 fully saturated rings. The molecule has 0 aliphatic carbocycles. The number of aromatic nitrogens is 1. The van der Waals surface area contributed by atoms with Gasteiger partial charge in [-0.15, -0.1) is 0 Å². The Morgan fingerprint density at radius 3 is 2.70 bits per heavy atom. The number of aliphatic hydroxyl groups excluding tert-OH is 1. The summed E-state index contributed by atoms with van der Waals surface area (Å²) in [5.41, 5.74) is 0.935. The number of hydrogen-bond donors (Lipinski definition) is 2. The van der Waals surface area contributed by atoms with Crippen LogP contribution in [0.3, 0.4) is 0 Å². The quantitative estimate of drug-likeness (QED) is 0.900. The number of halogens is 2. The van der Waals surface area contributed by atoms with Crippen molar-refractivity contribution < 1.29 is 14.3 Å². The van der Waals surface area contributed by atoms with E-state index in [9.17, 15) is 14.3 Å². The van der Waals surface area contributed by atoms with Crippen LogP contribution < -0.4 is 5.32 Å². The number of hydrogen-bond acceptors (Lipinski definition) is 3. The zero-order valence-electron chi connectivity index (χ0n) is 10.4. The highest BCUT2D eigenvalue weighted by molar-refractivity contribution is 9.10. The third-order valence-corrected chi connectivity index (χ3v) is 3.11. The van der Waals surface area contributed by atoms with Crippen molar-refractivity contribution in [3.05, 3.63) is 64.1 Å². The van der Waals surface area contributed by atoms with Gasteiger partial charge in [-0.3, -0.25) is 9.78 Å². The molecule has 6 heteroatoms. The summed E-state index contributed by atoms with van der Waals surface area (Å²) in [4.78, 5) is 15.7. The van der Waals surface area contributed by atoms with Gasteiger partial charge in [0.05, 0.1) is 11.7 Å². The van der Waals surface area contributed by atoms with Gasteiger partial charge in [0.25, 0.3) is 5.91 Å². The highest BCUT2D eigenvalue weighted by atomic mass is 79.9. The molecule has 2 N–H and O–H groups in total. The molecule has 4 nitrogen and oxygen atoms in total. The maximum absolute atomic E-state index is 12.8. The first-order chi connectivity index (χ1) is 9.56. The van der Waals surface area contributed by atoms with Gasteiger partial charge in [-0.2, -0.15) is 0 Å². The molecule has 1 atom stereocenters. The van der Waals surface area contributed by atoms with Gasteiger partial charge in [0, 0.05) is 23.4 Å². The van der Waals surface area contributed by atoms with Gasteiger partial charge in [0.1, 0.15) is 5.82 Å². The monoisotopic (exact) mass is 338 g/mol. The molecule has 0 spiro atoms. The molecule has 1 aromatic heterocycles. The molecule has 1 amide bonds. The van der Waals surface area contributed by atoms with Gasteiger partial charge in [-0.1, -0.05) is 12.1 Å². The topological polar surface area (TPSA) is 62.2 Å². The Balaban J connectivity index is 1.94. The van der Waals surface area contributed by atoms with Gasteiger partial charge in [-0.25, -0.2) is 4.39 Å². The fourth-order valence-electron chi connectivity index (χ4n) is 1.63. The fourth-order valence-corrected chi connectivity index (χ4v) is 2.00. The van der Waals surface area contributed by atoms with E-state index < -0.39 is 6.10 Å². The van der Waals surface area contributed by atoms with Crippen molar-refractivity contribution in [2.45, 2.75) is 6.10 Å². The highest BCUT2D eigenvalue weighted by Crippen LogP contribution is 2.13. The first kappa shape index (κ1) is 14.6. The van der Waals surface area contributed by atoms with Gasteiger partial charge in [0.15, 0.2) is 0 Å². The van der Waals surface area contributed by atoms with Crippen molar-refractivity contribution in [1.29, 1.82) is 0 Å². The number of rotatable bonds is 4. The molecule has 0 bridgehead atoms. The van der Waals surface area contributed by atoms with Crippen LogP contribution in [-0.2, 0) is 0 Å². The fraction of sp³-hybridized carbons (Fsp3) is 0.143. The Bertz CT molecular complexity index is 604. The van der Waals surface area contributed by atoms with Crippen molar-refractivity contribution in [2.24, 2.45) is 0 Å². The summed E-state index contributed by atoms with van der Waals surface area (Å²) in [6.07, 6.45) is 2.12. The minimum atomic E-state index is -0.889. The van der Waals surface area contributed by atoms with E-state index in [-0.39, 0.29) is 18.3 Å². The second-order valence-corrected chi connectivity index (χ2v) is 5.08. The number of aliphatic hydroxyl groups is 1. The molecular formula is C14H12BrFN2O2. The maximum atomic E-state index is 12.8. The molecule has 0 aliphatic rings. The van der Waals surface area contributed by atoms with Crippen molar-refractivity contribution in [3.8, 4) is 0 Å². The zero-order chi connectivity index (χ0) is 14.5. The first-order valence-corrected chi connectivity index (χ1v) is 6.68. The van der Waals surface area contributed by atoms with Crippen molar-refractivity contribution >= 4 is 21.8 Å². The van der Waals surface area contributed by atoms with Crippen molar-refractivity contribution in [2.75, 3.05) is 6.54 Å². The number of nitrogens with zero attached hydrogens (tertiary/aromatic N) is 1. The Hall–Kier alpha value is -1.79. The summed E-state index contributed by atoms with van der Waals surface area (Å²) >= 11 is 3.23. The average molecular weight is 339 g/mol. The van der Waals surface area contributed by atoms with Crippen LogP contribution in [0, 0.1) is 5.82 Å². The molecule has 0 unspecified atom stereocenters. The summed E-state index contributed by atoms with van der Waals surface area (Å²) in [5.74, 6) is -0.704. The second-order valence-electron chi connectivity index (χ2n) is 4.17. The Morgan fingerprint density at radius 1 is 1.35 bits per heavy atom. The molecular weight excluding hydrogens is 327 g/mol. The highest BCUT2D eigenvalue weighted by Gasteiger charge is 2.11. The van der Waals surface area contributed by atoms with E-state index in [0.717, 1.165) is 0 Å². The third kappa shape index (κ3) is 3.85. The Morgan fingerprint density at radius 2 is 2.05 bits per heavy atom. The van der Waals surface area contributed by atoms with Crippen molar-refractivity contribution in [3.63, 3.8) is 0 Å². The van der Waals surface area contributed by atoms with Crippen LogP contribution in [0.4, 0.5) is 4.39 Å². The number of pyridine rings is 1. The SMILES string of the molecule is O=C(NC[C@@H](O)c1ccc(F)cc1)c1cncc(Br)c1. The lowest BCUT2D eigenvalue weighted by Gasteiger charge is -2.12. The van der Waals surface area contributed by atoms with Crippen LogP contribution >= 0.6 is 15.9 Å². The second kappa shape index (κ2) is 6.58. The average Bonchev–Trinajstić information content (AvgIpc) is 2.45. The number of carbonyl (C=O) groups excluding carboxylic acids is 1. The van der Waals surface area contributed by atoms with Crippen molar-refractivity contribution in [1.82, 2.24) is 10.3 Å². The summed E-state index contributed by atoms with van der Waals surface area (Å²) in [7, 11) is 0. The zero-order valence-corrected chi connectivity index (χ0v) is 12.0. The molecule has 1 heterocycles. The minimum absolute atomic E-state index is 0.0387. The summed E-state index contributed by atoms with van der Waals surface area (Å²) in [6, 6.07) is 7.11. The molecule has 104 valence electrons. The molecule has 0 saturated carbocycles. The summed E-state index contributed by atoms with van der Waals surface area (Å²) < 4.78 is 13.5. The molecule has 20 heavy (non-hydrogen) atoms. The van der Waals surface area contributed by atoms with Crippen LogP contribution in [-0.4, -0.2) is 22.5 Å². The summed E-state index contributed by atoms with van der Waals surface area (Å²) in [5, 5.41) is 12.5. The first-order valence-electron chi connectivity index (χ1n) is 5.88. The molecule has 0 saturated heterocycles. The molecule has 2 rings (SSSR count). The molecule has 1 aromatic carbocycles. The largest absolute Gasteiger partial charge is 0.387 e. The summed E-state index contributed by atoms with van der Waals surface area (Å²) in [6.45, 7) is 0.0387. The third-order valence-electron chi connectivity index (χ3n) is 2.68. The minimum Gasteiger partial charge on any atom is -0.387 e. The van der Waals surface area contributed by atoms with Gasteiger partial charge in [0.2, 0.25) is 0 Å². The van der Waals surface area contributed by atoms with E-state index in [1.165, 1.54) is 30.5 Å². The predicted octanol–water partition coefficient (Wildman–Crippen LogP) is 2.45. The van der Waals surface area contributed by atoms with Crippen LogP contribution in [0.15, 0.2) is 47.2 Å². The standard InChI is InChI=1S/C14H12BrFN2O2/c15-11-5-10(6-17-7-11)14(20)18-8-13(19)9-1-3-12(16)4-2-9/h1-7,13,19H,8H2,(H,18,20)/t13-/m1/s1. The Kier molecular flexibility index (Phi) is 4.81. The van der Waals surface area contributed by atoms with Gasteiger partial charge in [-0.05, 0) is 39.7 Å². The van der Waals surface area contributed by atoms with Crippen LogP contribution in [0.25, 0.3) is 0 Å². The maximum Gasteiger partial charge on any atom is 0.252 e.